The van der Waals surface area contributed by atoms with Crippen molar-refractivity contribution in [1.82, 2.24) is 4.98 Å². The normalized spacial score (nSPS) is 19.2. The molecule has 1 N–H and O–H groups in total. The minimum atomic E-state index is -0.365. The fourth-order valence-corrected chi connectivity index (χ4v) is 3.42. The molecule has 1 saturated carbocycles. The van der Waals surface area contributed by atoms with Gasteiger partial charge in [-0.2, -0.15) is 0 Å². The molecule has 0 spiro atoms. The Bertz CT molecular complexity index is 333. The molecule has 0 radical (unpaired) electrons. The maximum atomic E-state index is 9.69. The van der Waals surface area contributed by atoms with Gasteiger partial charge < -0.3 is 5.11 Å². The summed E-state index contributed by atoms with van der Waals surface area (Å²) in [5.74, 6) is 0. The zero-order chi connectivity index (χ0) is 12.1. The van der Waals surface area contributed by atoms with Crippen molar-refractivity contribution in [2.75, 3.05) is 0 Å². The Balaban J connectivity index is 1.93. The highest BCUT2D eigenvalue weighted by atomic mass is 32.2. The van der Waals surface area contributed by atoms with E-state index in [4.69, 9.17) is 0 Å². The molecule has 1 aromatic heterocycles. The van der Waals surface area contributed by atoms with Crippen LogP contribution in [0.5, 0.6) is 0 Å². The fraction of sp³-hybridized carbons (Fsp3) is 0.643. The Morgan fingerprint density at radius 1 is 1.35 bits per heavy atom. The number of pyridine rings is 1. The van der Waals surface area contributed by atoms with E-state index in [0.29, 0.717) is 0 Å². The number of thioether (sulfide) groups is 1. The predicted molar refractivity (Wildman–Crippen MR) is 72.2 cm³/mol. The second kappa shape index (κ2) is 6.41. The van der Waals surface area contributed by atoms with Crippen molar-refractivity contribution in [3.63, 3.8) is 0 Å². The summed E-state index contributed by atoms with van der Waals surface area (Å²) in [6, 6.07) is 4.06. The molecule has 2 rings (SSSR count). The third-order valence-electron chi connectivity index (χ3n) is 3.37. The number of aliphatic hydroxyl groups is 1. The summed E-state index contributed by atoms with van der Waals surface area (Å²) in [6.45, 7) is 1.98. The average molecular weight is 251 g/mol. The Labute approximate surface area is 108 Å². The molecule has 0 aliphatic heterocycles. The van der Waals surface area contributed by atoms with Crippen molar-refractivity contribution >= 4 is 11.8 Å². The summed E-state index contributed by atoms with van der Waals surface area (Å²) in [5, 5.41) is 11.5. The lowest BCUT2D eigenvalue weighted by Gasteiger charge is -2.20. The lowest BCUT2D eigenvalue weighted by Crippen LogP contribution is -2.08. The molecule has 1 heterocycles. The molecule has 1 aliphatic rings. The number of aromatic nitrogens is 1. The Kier molecular flexibility index (Phi) is 4.86. The van der Waals surface area contributed by atoms with Gasteiger partial charge in [-0.25, -0.2) is 4.98 Å². The Morgan fingerprint density at radius 3 is 2.71 bits per heavy atom. The summed E-state index contributed by atoms with van der Waals surface area (Å²) >= 11 is 1.90. The lowest BCUT2D eigenvalue weighted by atomic mass is 10.0. The van der Waals surface area contributed by atoms with Crippen LogP contribution in [0, 0.1) is 0 Å². The van der Waals surface area contributed by atoms with Gasteiger partial charge in [-0.3, -0.25) is 0 Å². The van der Waals surface area contributed by atoms with Crippen molar-refractivity contribution in [3.05, 3.63) is 23.9 Å². The van der Waals surface area contributed by atoms with Crippen LogP contribution < -0.4 is 0 Å². The van der Waals surface area contributed by atoms with Crippen LogP contribution in [0.1, 0.15) is 57.1 Å². The summed E-state index contributed by atoms with van der Waals surface area (Å²) in [5.41, 5.74) is 0.931. The molecule has 0 bridgehead atoms. The first kappa shape index (κ1) is 12.9. The first-order valence-corrected chi connectivity index (χ1v) is 7.48. The highest BCUT2D eigenvalue weighted by molar-refractivity contribution is 7.99. The van der Waals surface area contributed by atoms with Crippen molar-refractivity contribution in [1.29, 1.82) is 0 Å². The molecular formula is C14H21NOS. The first-order chi connectivity index (χ1) is 8.29. The average Bonchev–Trinajstić information content (AvgIpc) is 2.40. The molecule has 0 amide bonds. The SMILES string of the molecule is CCC(O)c1ccc(SC2CCCCC2)nc1. The van der Waals surface area contributed by atoms with Gasteiger partial charge in [0.05, 0.1) is 11.1 Å². The van der Waals surface area contributed by atoms with Gasteiger partial charge in [0.25, 0.3) is 0 Å². The number of aliphatic hydroxyl groups excluding tert-OH is 1. The van der Waals surface area contributed by atoms with Crippen molar-refractivity contribution < 1.29 is 5.11 Å². The van der Waals surface area contributed by atoms with Gasteiger partial charge in [-0.1, -0.05) is 32.3 Å². The first-order valence-electron chi connectivity index (χ1n) is 6.60. The van der Waals surface area contributed by atoms with Crippen molar-refractivity contribution in [2.24, 2.45) is 0 Å². The van der Waals surface area contributed by atoms with E-state index in [1.54, 1.807) is 0 Å². The van der Waals surface area contributed by atoms with E-state index in [2.05, 4.69) is 4.98 Å². The summed E-state index contributed by atoms with van der Waals surface area (Å²) < 4.78 is 0. The van der Waals surface area contributed by atoms with Crippen LogP contribution in [0.15, 0.2) is 23.4 Å². The summed E-state index contributed by atoms with van der Waals surface area (Å²) in [7, 11) is 0. The van der Waals surface area contributed by atoms with E-state index in [1.165, 1.54) is 32.1 Å². The molecule has 1 aromatic rings. The zero-order valence-corrected chi connectivity index (χ0v) is 11.2. The van der Waals surface area contributed by atoms with Gasteiger partial charge in [0, 0.05) is 11.4 Å². The number of nitrogens with zero attached hydrogens (tertiary/aromatic N) is 1. The van der Waals surface area contributed by atoms with Gasteiger partial charge in [0.2, 0.25) is 0 Å². The van der Waals surface area contributed by atoms with Crippen LogP contribution in [0.25, 0.3) is 0 Å². The maximum Gasteiger partial charge on any atom is 0.0962 e. The molecule has 1 atom stereocenters. The number of hydrogen-bond acceptors (Lipinski definition) is 3. The lowest BCUT2D eigenvalue weighted by molar-refractivity contribution is 0.173. The van der Waals surface area contributed by atoms with Crippen LogP contribution in [0.4, 0.5) is 0 Å². The molecule has 17 heavy (non-hydrogen) atoms. The number of hydrogen-bond donors (Lipinski definition) is 1. The van der Waals surface area contributed by atoms with E-state index in [1.807, 2.05) is 37.0 Å². The van der Waals surface area contributed by atoms with Crippen LogP contribution in [-0.2, 0) is 0 Å². The molecule has 1 aliphatic carbocycles. The van der Waals surface area contributed by atoms with Gasteiger partial charge in [0.1, 0.15) is 0 Å². The van der Waals surface area contributed by atoms with E-state index in [-0.39, 0.29) is 6.10 Å². The van der Waals surface area contributed by atoms with Crippen LogP contribution in [0.2, 0.25) is 0 Å². The van der Waals surface area contributed by atoms with Crippen LogP contribution in [0.3, 0.4) is 0 Å². The molecule has 2 nitrogen and oxygen atoms in total. The molecule has 1 fully saturated rings. The molecule has 94 valence electrons. The molecular weight excluding hydrogens is 230 g/mol. The van der Waals surface area contributed by atoms with Crippen molar-refractivity contribution in [2.45, 2.75) is 61.8 Å². The summed E-state index contributed by atoms with van der Waals surface area (Å²) in [4.78, 5) is 4.44. The van der Waals surface area contributed by atoms with Crippen LogP contribution in [-0.4, -0.2) is 15.3 Å². The van der Waals surface area contributed by atoms with E-state index in [0.717, 1.165) is 22.3 Å². The largest absolute Gasteiger partial charge is 0.388 e. The zero-order valence-electron chi connectivity index (χ0n) is 10.4. The predicted octanol–water partition coefficient (Wildman–Crippen LogP) is 3.95. The summed E-state index contributed by atoms with van der Waals surface area (Å²) in [6.07, 6.45) is 8.98. The Morgan fingerprint density at radius 2 is 2.12 bits per heavy atom. The molecule has 0 saturated heterocycles. The third-order valence-corrected chi connectivity index (χ3v) is 4.66. The monoisotopic (exact) mass is 251 g/mol. The smallest absolute Gasteiger partial charge is 0.0962 e. The van der Waals surface area contributed by atoms with Gasteiger partial charge >= 0.3 is 0 Å². The van der Waals surface area contributed by atoms with Crippen LogP contribution >= 0.6 is 11.8 Å². The van der Waals surface area contributed by atoms with E-state index in [9.17, 15) is 5.11 Å². The second-order valence-corrected chi connectivity index (χ2v) is 6.05. The van der Waals surface area contributed by atoms with E-state index >= 15 is 0 Å². The Hall–Kier alpha value is -0.540. The molecule has 1 unspecified atom stereocenters. The van der Waals surface area contributed by atoms with Gasteiger partial charge in [-0.15, -0.1) is 11.8 Å². The topological polar surface area (TPSA) is 33.1 Å². The second-order valence-electron chi connectivity index (χ2n) is 4.73. The fourth-order valence-electron chi connectivity index (χ4n) is 2.25. The molecule has 0 aromatic carbocycles. The quantitative estimate of drug-likeness (QED) is 0.879. The van der Waals surface area contributed by atoms with Gasteiger partial charge in [-0.05, 0) is 30.9 Å². The number of rotatable bonds is 4. The standard InChI is InChI=1S/C14H21NOS/c1-2-13(16)11-8-9-14(15-10-11)17-12-6-4-3-5-7-12/h8-10,12-13,16H,2-7H2,1H3. The minimum Gasteiger partial charge on any atom is -0.388 e. The highest BCUT2D eigenvalue weighted by Gasteiger charge is 2.15. The van der Waals surface area contributed by atoms with Gasteiger partial charge in [0.15, 0.2) is 0 Å². The maximum absolute atomic E-state index is 9.69. The highest BCUT2D eigenvalue weighted by Crippen LogP contribution is 2.32. The molecule has 3 heteroatoms. The van der Waals surface area contributed by atoms with Crippen molar-refractivity contribution in [3.8, 4) is 0 Å². The van der Waals surface area contributed by atoms with E-state index < -0.39 is 0 Å². The minimum absolute atomic E-state index is 0.365. The third kappa shape index (κ3) is 3.71.